The Kier molecular flexibility index (Phi) is 3.51. The maximum Gasteiger partial charge on any atom is 0.270 e. The molecule has 5 heteroatoms. The summed E-state index contributed by atoms with van der Waals surface area (Å²) in [5, 5.41) is 13.7. The zero-order valence-corrected chi connectivity index (χ0v) is 11.9. The summed E-state index contributed by atoms with van der Waals surface area (Å²) in [7, 11) is 1.61. The number of aliphatic hydroxyl groups is 1. The predicted molar refractivity (Wildman–Crippen MR) is 79.4 cm³/mol. The van der Waals surface area contributed by atoms with Gasteiger partial charge in [-0.2, -0.15) is 0 Å². The third-order valence-corrected chi connectivity index (χ3v) is 3.99. The molecule has 2 aromatic rings. The van der Waals surface area contributed by atoms with E-state index in [1.165, 1.54) is 0 Å². The number of pyridine rings is 1. The number of benzene rings is 1. The van der Waals surface area contributed by atoms with Crippen LogP contribution in [0.1, 0.15) is 29.8 Å². The molecule has 21 heavy (non-hydrogen) atoms. The zero-order chi connectivity index (χ0) is 14.9. The van der Waals surface area contributed by atoms with Gasteiger partial charge in [-0.3, -0.25) is 4.79 Å². The largest absolute Gasteiger partial charge is 0.497 e. The van der Waals surface area contributed by atoms with Gasteiger partial charge in [-0.25, -0.2) is 4.98 Å². The summed E-state index contributed by atoms with van der Waals surface area (Å²) >= 11 is 0. The van der Waals surface area contributed by atoms with Gasteiger partial charge in [0.25, 0.3) is 5.91 Å². The fraction of sp³-hybridized carbons (Fsp3) is 0.375. The van der Waals surface area contributed by atoms with Crippen LogP contribution in [0.2, 0.25) is 0 Å². The first kappa shape index (κ1) is 13.8. The number of rotatable bonds is 4. The summed E-state index contributed by atoms with van der Waals surface area (Å²) < 4.78 is 5.16. The fourth-order valence-electron chi connectivity index (χ4n) is 2.45. The Labute approximate surface area is 123 Å². The molecule has 0 spiro atoms. The van der Waals surface area contributed by atoms with E-state index in [9.17, 15) is 9.90 Å². The molecule has 1 heterocycles. The molecular formula is C16H18N2O3. The molecule has 0 bridgehead atoms. The molecule has 1 amide bonds. The summed E-state index contributed by atoms with van der Waals surface area (Å²) in [5.41, 5.74) is 0.376. The van der Waals surface area contributed by atoms with E-state index in [2.05, 4.69) is 10.3 Å². The highest BCUT2D eigenvalue weighted by atomic mass is 16.5. The molecule has 0 aliphatic heterocycles. The fourth-order valence-corrected chi connectivity index (χ4v) is 2.45. The van der Waals surface area contributed by atoms with Crippen LogP contribution < -0.4 is 10.1 Å². The van der Waals surface area contributed by atoms with Crippen LogP contribution in [0.15, 0.2) is 30.3 Å². The highest BCUT2D eigenvalue weighted by Gasteiger charge is 2.34. The molecule has 1 aromatic carbocycles. The number of nitrogens with one attached hydrogen (secondary N) is 1. The Morgan fingerprint density at radius 2 is 2.19 bits per heavy atom. The lowest BCUT2D eigenvalue weighted by Gasteiger charge is -2.36. The average Bonchev–Trinajstić information content (AvgIpc) is 2.49. The molecule has 1 aromatic heterocycles. The van der Waals surface area contributed by atoms with Crippen molar-refractivity contribution in [3.63, 3.8) is 0 Å². The maximum atomic E-state index is 12.1. The highest BCUT2D eigenvalue weighted by molar-refractivity contribution is 5.95. The zero-order valence-electron chi connectivity index (χ0n) is 11.9. The second-order valence-electron chi connectivity index (χ2n) is 5.52. The van der Waals surface area contributed by atoms with Crippen molar-refractivity contribution in [2.24, 2.45) is 0 Å². The van der Waals surface area contributed by atoms with Crippen molar-refractivity contribution in [3.05, 3.63) is 36.0 Å². The summed E-state index contributed by atoms with van der Waals surface area (Å²) in [5.74, 6) is 0.502. The molecule has 1 aliphatic carbocycles. The lowest BCUT2D eigenvalue weighted by Crippen LogP contribution is -2.47. The molecule has 1 saturated carbocycles. The number of carbonyl (C=O) groups is 1. The number of amides is 1. The highest BCUT2D eigenvalue weighted by Crippen LogP contribution is 2.30. The monoisotopic (exact) mass is 286 g/mol. The van der Waals surface area contributed by atoms with Crippen LogP contribution >= 0.6 is 0 Å². The molecule has 1 fully saturated rings. The standard InChI is InChI=1S/C16H18N2O3/c1-21-12-4-6-13-11(9-12)3-5-14(18-13)15(19)17-10-16(20)7-2-8-16/h3-6,9,20H,2,7-8,10H2,1H3,(H,17,19). The summed E-state index contributed by atoms with van der Waals surface area (Å²) in [6.07, 6.45) is 2.51. The predicted octanol–water partition coefficient (Wildman–Crippen LogP) is 1.89. The number of ether oxygens (including phenoxy) is 1. The van der Waals surface area contributed by atoms with Gasteiger partial charge < -0.3 is 15.2 Å². The van der Waals surface area contributed by atoms with Gasteiger partial charge in [0.1, 0.15) is 11.4 Å². The van der Waals surface area contributed by atoms with Gasteiger partial charge >= 0.3 is 0 Å². The molecule has 2 N–H and O–H groups in total. The van der Waals surface area contributed by atoms with Gasteiger partial charge in [-0.05, 0) is 43.5 Å². The Hall–Kier alpha value is -2.14. The van der Waals surface area contributed by atoms with Gasteiger partial charge in [-0.15, -0.1) is 0 Å². The van der Waals surface area contributed by atoms with Crippen molar-refractivity contribution in [1.29, 1.82) is 0 Å². The van der Waals surface area contributed by atoms with Gasteiger partial charge in [0.15, 0.2) is 0 Å². The smallest absolute Gasteiger partial charge is 0.270 e. The number of methoxy groups -OCH3 is 1. The number of nitrogens with zero attached hydrogens (tertiary/aromatic N) is 1. The lowest BCUT2D eigenvalue weighted by molar-refractivity contribution is -0.0300. The van der Waals surface area contributed by atoms with E-state index < -0.39 is 5.60 Å². The van der Waals surface area contributed by atoms with E-state index >= 15 is 0 Å². The molecule has 0 unspecified atom stereocenters. The van der Waals surface area contributed by atoms with Crippen molar-refractivity contribution < 1.29 is 14.6 Å². The van der Waals surface area contributed by atoms with Crippen molar-refractivity contribution >= 4 is 16.8 Å². The quantitative estimate of drug-likeness (QED) is 0.900. The number of aromatic nitrogens is 1. The SMILES string of the molecule is COc1ccc2nc(C(=O)NCC3(O)CCC3)ccc2c1. The normalized spacial score (nSPS) is 16.3. The Morgan fingerprint density at radius 3 is 2.86 bits per heavy atom. The number of carbonyl (C=O) groups excluding carboxylic acids is 1. The minimum absolute atomic E-state index is 0.256. The number of fused-ring (bicyclic) bond motifs is 1. The molecule has 3 rings (SSSR count). The van der Waals surface area contributed by atoms with E-state index in [0.29, 0.717) is 5.69 Å². The van der Waals surface area contributed by atoms with Crippen molar-refractivity contribution in [3.8, 4) is 5.75 Å². The number of hydrogen-bond acceptors (Lipinski definition) is 4. The van der Waals surface area contributed by atoms with Crippen LogP contribution in [0.5, 0.6) is 5.75 Å². The van der Waals surface area contributed by atoms with E-state index in [-0.39, 0.29) is 12.5 Å². The van der Waals surface area contributed by atoms with Crippen LogP contribution in [-0.4, -0.2) is 35.3 Å². The summed E-state index contributed by atoms with van der Waals surface area (Å²) in [6.45, 7) is 0.286. The number of hydrogen-bond donors (Lipinski definition) is 2. The van der Waals surface area contributed by atoms with Crippen LogP contribution in [0.3, 0.4) is 0 Å². The lowest BCUT2D eigenvalue weighted by atomic mass is 9.80. The molecule has 5 nitrogen and oxygen atoms in total. The van der Waals surface area contributed by atoms with E-state index in [1.807, 2.05) is 24.3 Å². The van der Waals surface area contributed by atoms with Crippen LogP contribution in [0.4, 0.5) is 0 Å². The third-order valence-electron chi connectivity index (χ3n) is 3.99. The molecule has 0 saturated heterocycles. The van der Waals surface area contributed by atoms with Gasteiger partial charge in [0.05, 0.1) is 18.2 Å². The minimum Gasteiger partial charge on any atom is -0.497 e. The van der Waals surface area contributed by atoms with Gasteiger partial charge in [0, 0.05) is 11.9 Å². The molecule has 0 radical (unpaired) electrons. The van der Waals surface area contributed by atoms with E-state index in [0.717, 1.165) is 35.9 Å². The summed E-state index contributed by atoms with van der Waals surface area (Å²) in [4.78, 5) is 16.4. The van der Waals surface area contributed by atoms with Crippen molar-refractivity contribution in [1.82, 2.24) is 10.3 Å². The topological polar surface area (TPSA) is 71.5 Å². The summed E-state index contributed by atoms with van der Waals surface area (Å²) in [6, 6.07) is 9.04. The Balaban J connectivity index is 1.75. The van der Waals surface area contributed by atoms with E-state index in [4.69, 9.17) is 4.74 Å². The van der Waals surface area contributed by atoms with Gasteiger partial charge in [0.2, 0.25) is 0 Å². The first-order valence-corrected chi connectivity index (χ1v) is 7.05. The van der Waals surface area contributed by atoms with Crippen LogP contribution in [0, 0.1) is 0 Å². The van der Waals surface area contributed by atoms with Crippen LogP contribution in [0.25, 0.3) is 10.9 Å². The second-order valence-corrected chi connectivity index (χ2v) is 5.52. The molecule has 1 aliphatic rings. The molecular weight excluding hydrogens is 268 g/mol. The maximum absolute atomic E-state index is 12.1. The second kappa shape index (κ2) is 5.33. The third kappa shape index (κ3) is 2.83. The molecule has 0 atom stereocenters. The Morgan fingerprint density at radius 1 is 1.38 bits per heavy atom. The first-order chi connectivity index (χ1) is 10.1. The average molecular weight is 286 g/mol. The van der Waals surface area contributed by atoms with Crippen molar-refractivity contribution in [2.45, 2.75) is 24.9 Å². The van der Waals surface area contributed by atoms with Gasteiger partial charge in [-0.1, -0.05) is 6.07 Å². The first-order valence-electron chi connectivity index (χ1n) is 7.05. The van der Waals surface area contributed by atoms with Crippen molar-refractivity contribution in [2.75, 3.05) is 13.7 Å². The molecule has 110 valence electrons. The van der Waals surface area contributed by atoms with E-state index in [1.54, 1.807) is 13.2 Å². The van der Waals surface area contributed by atoms with Crippen LogP contribution in [-0.2, 0) is 0 Å². The Bertz CT molecular complexity index is 680. The minimum atomic E-state index is -0.722.